The van der Waals surface area contributed by atoms with Gasteiger partial charge in [-0.25, -0.2) is 0 Å². The van der Waals surface area contributed by atoms with Gasteiger partial charge < -0.3 is 0 Å². The molecule has 0 unspecified atom stereocenters. The van der Waals surface area contributed by atoms with Crippen molar-refractivity contribution in [3.8, 4) is 0 Å². The van der Waals surface area contributed by atoms with Crippen LogP contribution in [-0.4, -0.2) is 13.0 Å². The Bertz CT molecular complexity index is 172. The lowest BCUT2D eigenvalue weighted by Crippen LogP contribution is -2.79. The average molecular weight is 140 g/mol. The minimum Gasteiger partial charge on any atom is -0.0890 e. The summed E-state index contributed by atoms with van der Waals surface area (Å²) in [6.45, 7) is 0. The molecule has 0 atom stereocenters. The van der Waals surface area contributed by atoms with Crippen LogP contribution < -0.4 is 5.48 Å². The van der Waals surface area contributed by atoms with E-state index in [0.717, 1.165) is 0 Å². The van der Waals surface area contributed by atoms with E-state index in [1.165, 1.54) is 5.48 Å². The third-order valence-electron chi connectivity index (χ3n) is 1.25. The van der Waals surface area contributed by atoms with E-state index in [0.29, 0.717) is 0 Å². The third kappa shape index (κ3) is 1.45. The van der Waals surface area contributed by atoms with Crippen molar-refractivity contribution >= 4 is 5.97 Å². The van der Waals surface area contributed by atoms with Crippen molar-refractivity contribution in [2.75, 3.05) is 7.05 Å². The summed E-state index contributed by atoms with van der Waals surface area (Å²) in [5, 5.41) is 0. The Kier molecular flexibility index (Phi) is 2.23. The first-order chi connectivity index (χ1) is 4.84. The van der Waals surface area contributed by atoms with E-state index in [1.54, 1.807) is 19.2 Å². The van der Waals surface area contributed by atoms with E-state index in [9.17, 15) is 4.79 Å². The van der Waals surface area contributed by atoms with Gasteiger partial charge in [0.25, 0.3) is 0 Å². The molecule has 1 radical (unpaired) electrons. The summed E-state index contributed by atoms with van der Waals surface area (Å²) in [6.07, 6.45) is 7.26. The number of rotatable bonds is 2. The zero-order valence-electron chi connectivity index (χ0n) is 5.78. The van der Waals surface area contributed by atoms with Crippen molar-refractivity contribution < 1.29 is 15.1 Å². The van der Waals surface area contributed by atoms with Gasteiger partial charge in [-0.05, 0) is 0 Å². The summed E-state index contributed by atoms with van der Waals surface area (Å²) in [5.41, 5.74) is 1.39. The molecule has 0 fully saturated rings. The lowest BCUT2D eigenvalue weighted by Gasteiger charge is -1.86. The zero-order chi connectivity index (χ0) is 7.40. The molecular weight excluding hydrogens is 130 g/mol. The molecule has 3 heteroatoms. The molecule has 0 aromatic rings. The first-order valence-electron chi connectivity index (χ1n) is 3.18. The smallest absolute Gasteiger partial charge is 0.0890 e. The molecule has 0 amide bonds. The first-order valence-corrected chi connectivity index (χ1v) is 3.18. The monoisotopic (exact) mass is 140 g/mol. The standard InChI is InChI=1S/C7H9NO2/c1-8-10-7(9)6-4-2-3-5-6/h2-6,8H,1H3/q+1/p+1. The summed E-state index contributed by atoms with van der Waals surface area (Å²) in [6, 6.07) is 0. The van der Waals surface area contributed by atoms with Crippen LogP contribution in [0.3, 0.4) is 0 Å². The molecule has 1 rings (SSSR count). The maximum atomic E-state index is 10.9. The van der Waals surface area contributed by atoms with Gasteiger partial charge in [0.1, 0.15) is 7.05 Å². The predicted octanol–water partition coefficient (Wildman–Crippen LogP) is -0.620. The second-order valence-electron chi connectivity index (χ2n) is 1.97. The van der Waals surface area contributed by atoms with Crippen molar-refractivity contribution in [1.29, 1.82) is 0 Å². The molecule has 53 valence electrons. The highest BCUT2D eigenvalue weighted by atomic mass is 16.7. The van der Waals surface area contributed by atoms with E-state index in [4.69, 9.17) is 0 Å². The van der Waals surface area contributed by atoms with E-state index in [-0.39, 0.29) is 11.9 Å². The predicted molar refractivity (Wildman–Crippen MR) is 35.7 cm³/mol. The number of carbonyl (C=O) groups is 1. The molecule has 1 aliphatic rings. The van der Waals surface area contributed by atoms with Crippen molar-refractivity contribution in [2.45, 2.75) is 0 Å². The van der Waals surface area contributed by atoms with E-state index >= 15 is 0 Å². The highest BCUT2D eigenvalue weighted by Crippen LogP contribution is 2.08. The second-order valence-corrected chi connectivity index (χ2v) is 1.97. The van der Waals surface area contributed by atoms with Gasteiger partial charge in [0, 0.05) is 0 Å². The Morgan fingerprint density at radius 3 is 2.60 bits per heavy atom. The summed E-state index contributed by atoms with van der Waals surface area (Å²) >= 11 is 0. The van der Waals surface area contributed by atoms with Crippen LogP contribution in [0, 0.1) is 5.92 Å². The van der Waals surface area contributed by atoms with Crippen LogP contribution in [0.15, 0.2) is 24.3 Å². The van der Waals surface area contributed by atoms with E-state index in [1.807, 2.05) is 12.2 Å². The number of hydrogen-bond acceptors (Lipinski definition) is 2. The fourth-order valence-corrected chi connectivity index (χ4v) is 0.784. The SMILES string of the molecule is C[NH2+]OC(=[O+])C1C=CC=C1. The van der Waals surface area contributed by atoms with E-state index < -0.39 is 0 Å². The molecule has 0 bridgehead atoms. The molecule has 0 spiro atoms. The number of allylic oxidation sites excluding steroid dienone is 2. The minimum absolute atomic E-state index is 0.170. The van der Waals surface area contributed by atoms with Crippen LogP contribution in [0.2, 0.25) is 0 Å². The second kappa shape index (κ2) is 3.17. The van der Waals surface area contributed by atoms with Gasteiger partial charge in [-0.15, -0.1) is 0 Å². The Morgan fingerprint density at radius 1 is 1.50 bits per heavy atom. The van der Waals surface area contributed by atoms with Gasteiger partial charge in [0.05, 0.1) is 4.79 Å². The highest BCUT2D eigenvalue weighted by Gasteiger charge is 2.30. The van der Waals surface area contributed by atoms with Crippen molar-refractivity contribution in [2.24, 2.45) is 5.92 Å². The number of nitrogens with two attached hydrogens (primary N) is 1. The Hall–Kier alpha value is -1.09. The van der Waals surface area contributed by atoms with Crippen molar-refractivity contribution in [1.82, 2.24) is 0 Å². The number of hydroxylamine groups is 1. The van der Waals surface area contributed by atoms with Gasteiger partial charge in [-0.3, -0.25) is 0 Å². The number of hydrogen-bond donors (Lipinski definition) is 1. The van der Waals surface area contributed by atoms with Gasteiger partial charge in [0.2, 0.25) is 0 Å². The molecule has 0 aromatic carbocycles. The van der Waals surface area contributed by atoms with Crippen LogP contribution in [0.25, 0.3) is 0 Å². The van der Waals surface area contributed by atoms with Crippen LogP contribution in [0.5, 0.6) is 0 Å². The van der Waals surface area contributed by atoms with Crippen molar-refractivity contribution in [3.05, 3.63) is 24.3 Å². The molecule has 0 heterocycles. The lowest BCUT2D eigenvalue weighted by atomic mass is 10.2. The van der Waals surface area contributed by atoms with Crippen LogP contribution in [0.4, 0.5) is 0 Å². The third-order valence-corrected chi connectivity index (χ3v) is 1.25. The fraction of sp³-hybridized carbons (Fsp3) is 0.286. The van der Waals surface area contributed by atoms with Gasteiger partial charge >= 0.3 is 5.97 Å². The summed E-state index contributed by atoms with van der Waals surface area (Å²) < 4.78 is 0. The Morgan fingerprint density at radius 2 is 2.10 bits per heavy atom. The molecule has 10 heavy (non-hydrogen) atoms. The molecule has 0 aliphatic heterocycles. The van der Waals surface area contributed by atoms with Crippen LogP contribution >= 0.6 is 0 Å². The normalized spacial score (nSPS) is 16.1. The molecule has 1 aliphatic carbocycles. The highest BCUT2D eigenvalue weighted by molar-refractivity contribution is 5.76. The first kappa shape index (κ1) is 7.02. The summed E-state index contributed by atoms with van der Waals surface area (Å²) in [4.78, 5) is 15.5. The molecule has 0 saturated carbocycles. The quantitative estimate of drug-likeness (QED) is 0.410. The topological polar surface area (TPSA) is 45.7 Å². The largest absolute Gasteiger partial charge is 0.648 e. The summed E-state index contributed by atoms with van der Waals surface area (Å²) in [5.74, 6) is -0.385. The maximum Gasteiger partial charge on any atom is 0.648 e. The lowest BCUT2D eigenvalue weighted by molar-refractivity contribution is -0.853. The molecule has 2 N–H and O–H groups in total. The van der Waals surface area contributed by atoms with Gasteiger partial charge in [0.15, 0.2) is 5.92 Å². The zero-order valence-corrected chi connectivity index (χ0v) is 5.78. The molecule has 0 saturated heterocycles. The fourth-order valence-electron chi connectivity index (χ4n) is 0.784. The van der Waals surface area contributed by atoms with Crippen LogP contribution in [0.1, 0.15) is 0 Å². The maximum absolute atomic E-state index is 10.9. The number of quaternary nitrogens is 1. The molecule has 0 aromatic heterocycles. The van der Waals surface area contributed by atoms with Crippen LogP contribution in [-0.2, 0) is 9.63 Å². The van der Waals surface area contributed by atoms with Gasteiger partial charge in [-0.2, -0.15) is 0 Å². The Balaban J connectivity index is 2.42. The average Bonchev–Trinajstić information content (AvgIpc) is 2.38. The molecular formula is C7H10NO2+2. The van der Waals surface area contributed by atoms with Crippen molar-refractivity contribution in [3.63, 3.8) is 0 Å². The number of carbonyl (C=O) groups excluding carboxylic acids is 1. The summed E-state index contributed by atoms with van der Waals surface area (Å²) in [7, 11) is 1.68. The van der Waals surface area contributed by atoms with E-state index in [2.05, 4.69) is 4.84 Å². The molecule has 3 nitrogen and oxygen atoms in total. The van der Waals surface area contributed by atoms with Gasteiger partial charge in [-0.1, -0.05) is 34.6 Å². The Labute approximate surface area is 59.3 Å². The minimum atomic E-state index is -0.215.